The average Bonchev–Trinajstić information content (AvgIpc) is 3.31. The first-order valence-corrected chi connectivity index (χ1v) is 10.5. The molecular formula is C23H15F3O6S. The van der Waals surface area contributed by atoms with Crippen LogP contribution in [0.5, 0.6) is 23.0 Å². The van der Waals surface area contributed by atoms with E-state index in [1.54, 1.807) is 30.5 Å². The molecule has 4 aromatic rings. The van der Waals surface area contributed by atoms with E-state index in [1.165, 1.54) is 30.3 Å². The number of carbonyl (C=O) groups excluding carboxylic acids is 1. The van der Waals surface area contributed by atoms with Crippen LogP contribution in [-0.4, -0.2) is 12.6 Å². The lowest BCUT2D eigenvalue weighted by Crippen LogP contribution is -2.16. The highest BCUT2D eigenvalue weighted by atomic mass is 32.1. The molecule has 0 fully saturated rings. The Balaban J connectivity index is 1.79. The van der Waals surface area contributed by atoms with Gasteiger partial charge in [-0.2, -0.15) is 13.2 Å². The average molecular weight is 476 g/mol. The third-order valence-corrected chi connectivity index (χ3v) is 5.22. The van der Waals surface area contributed by atoms with Crippen molar-refractivity contribution in [1.29, 1.82) is 0 Å². The first-order chi connectivity index (χ1) is 15.8. The Morgan fingerprint density at radius 3 is 2.48 bits per heavy atom. The van der Waals surface area contributed by atoms with Gasteiger partial charge in [-0.1, -0.05) is 18.2 Å². The smallest absolute Gasteiger partial charge is 0.453 e. The molecule has 0 unspecified atom stereocenters. The number of para-hydroxylation sites is 2. The number of benzene rings is 2. The highest BCUT2D eigenvalue weighted by Gasteiger charge is 2.40. The third-order valence-electron chi connectivity index (χ3n) is 4.37. The number of carbonyl (C=O) groups is 1. The first kappa shape index (κ1) is 22.4. The van der Waals surface area contributed by atoms with Gasteiger partial charge in [-0.25, -0.2) is 4.79 Å². The molecule has 2 heterocycles. The summed E-state index contributed by atoms with van der Waals surface area (Å²) in [4.78, 5) is 25.4. The van der Waals surface area contributed by atoms with Crippen molar-refractivity contribution in [3.8, 4) is 23.0 Å². The van der Waals surface area contributed by atoms with Gasteiger partial charge in [0.25, 0.3) is 5.76 Å². The van der Waals surface area contributed by atoms with Crippen molar-refractivity contribution in [3.05, 3.63) is 80.8 Å². The van der Waals surface area contributed by atoms with Gasteiger partial charge >= 0.3 is 12.1 Å². The number of ether oxygens (including phenoxy) is 3. The summed E-state index contributed by atoms with van der Waals surface area (Å²) in [5.41, 5.74) is -1.44. The summed E-state index contributed by atoms with van der Waals surface area (Å²) in [5.74, 6) is -3.30. The van der Waals surface area contributed by atoms with E-state index in [0.29, 0.717) is 4.88 Å². The Hall–Kier alpha value is -3.79. The predicted molar refractivity (Wildman–Crippen MR) is 114 cm³/mol. The second-order valence-electron chi connectivity index (χ2n) is 6.59. The largest absolute Gasteiger partial charge is 0.490 e. The quantitative estimate of drug-likeness (QED) is 0.241. The summed E-state index contributed by atoms with van der Waals surface area (Å²) in [6.07, 6.45) is -5.03. The minimum absolute atomic E-state index is 0.0713. The molecule has 0 aliphatic carbocycles. The lowest BCUT2D eigenvalue weighted by molar-refractivity contribution is -0.154. The van der Waals surface area contributed by atoms with E-state index in [-0.39, 0.29) is 29.2 Å². The standard InChI is InChI=1S/C23H15F3O6S/c1-2-29-15-6-3-4-7-16(15)31-20-19(27)14-10-9-13(30-22(28)18-8-5-11-33-18)12-17(14)32-21(20)23(24,25)26/h3-12H,2H2,1H3. The molecule has 0 radical (unpaired) electrons. The maximum Gasteiger partial charge on any atom is 0.453 e. The van der Waals surface area contributed by atoms with Crippen molar-refractivity contribution in [1.82, 2.24) is 0 Å². The number of halogens is 3. The normalized spacial score (nSPS) is 11.4. The maximum absolute atomic E-state index is 13.8. The fraction of sp³-hybridized carbons (Fsp3) is 0.130. The minimum atomic E-state index is -5.03. The number of esters is 1. The van der Waals surface area contributed by atoms with Crippen molar-refractivity contribution in [2.45, 2.75) is 13.1 Å². The molecule has 2 aromatic carbocycles. The van der Waals surface area contributed by atoms with Crippen LogP contribution < -0.4 is 19.6 Å². The highest BCUT2D eigenvalue weighted by Crippen LogP contribution is 2.40. The van der Waals surface area contributed by atoms with E-state index in [2.05, 4.69) is 0 Å². The van der Waals surface area contributed by atoms with Gasteiger partial charge in [-0.15, -0.1) is 11.3 Å². The van der Waals surface area contributed by atoms with Gasteiger partial charge in [0.15, 0.2) is 11.5 Å². The maximum atomic E-state index is 13.8. The van der Waals surface area contributed by atoms with Crippen LogP contribution in [0.25, 0.3) is 11.0 Å². The molecule has 0 atom stereocenters. The zero-order chi connectivity index (χ0) is 23.6. The van der Waals surface area contributed by atoms with Crippen molar-refractivity contribution in [2.75, 3.05) is 6.61 Å². The summed E-state index contributed by atoms with van der Waals surface area (Å²) in [6.45, 7) is 1.94. The number of rotatable bonds is 6. The SMILES string of the molecule is CCOc1ccccc1Oc1c(C(F)(F)F)oc2cc(OC(=O)c3cccs3)ccc2c1=O. The van der Waals surface area contributed by atoms with Gasteiger partial charge in [0, 0.05) is 6.07 Å². The summed E-state index contributed by atoms with van der Waals surface area (Å²) >= 11 is 1.15. The molecule has 0 N–H and O–H groups in total. The van der Waals surface area contributed by atoms with Gasteiger partial charge in [-0.05, 0) is 42.6 Å². The molecule has 0 aliphatic heterocycles. The van der Waals surface area contributed by atoms with Crippen LogP contribution in [0.15, 0.2) is 69.2 Å². The Labute approximate surface area is 188 Å². The first-order valence-electron chi connectivity index (χ1n) is 9.61. The molecule has 2 aromatic heterocycles. The van der Waals surface area contributed by atoms with Crippen molar-refractivity contribution < 1.29 is 36.6 Å². The van der Waals surface area contributed by atoms with E-state index >= 15 is 0 Å². The number of thiophene rings is 1. The van der Waals surface area contributed by atoms with Gasteiger partial charge in [-0.3, -0.25) is 4.79 Å². The molecule has 0 spiro atoms. The van der Waals surface area contributed by atoms with Crippen LogP contribution in [0.1, 0.15) is 22.4 Å². The number of hydrogen-bond acceptors (Lipinski definition) is 7. The zero-order valence-corrected chi connectivity index (χ0v) is 17.8. The Morgan fingerprint density at radius 2 is 1.82 bits per heavy atom. The fourth-order valence-electron chi connectivity index (χ4n) is 2.97. The zero-order valence-electron chi connectivity index (χ0n) is 17.0. The highest BCUT2D eigenvalue weighted by molar-refractivity contribution is 7.12. The van der Waals surface area contributed by atoms with Crippen molar-refractivity contribution in [3.63, 3.8) is 0 Å². The number of hydrogen-bond donors (Lipinski definition) is 0. The second kappa shape index (κ2) is 8.99. The summed E-state index contributed by atoms with van der Waals surface area (Å²) in [6, 6.07) is 12.8. The van der Waals surface area contributed by atoms with Gasteiger partial charge in [0.05, 0.1) is 12.0 Å². The molecule has 0 amide bonds. The van der Waals surface area contributed by atoms with Crippen LogP contribution in [0, 0.1) is 0 Å². The van der Waals surface area contributed by atoms with E-state index in [9.17, 15) is 22.8 Å². The Bertz CT molecular complexity index is 1360. The molecule has 10 heteroatoms. The van der Waals surface area contributed by atoms with Crippen molar-refractivity contribution in [2.24, 2.45) is 0 Å². The lowest BCUT2D eigenvalue weighted by Gasteiger charge is -2.15. The lowest BCUT2D eigenvalue weighted by atomic mass is 10.2. The molecule has 0 aliphatic rings. The van der Waals surface area contributed by atoms with Crippen molar-refractivity contribution >= 4 is 28.3 Å². The summed E-state index contributed by atoms with van der Waals surface area (Å²) in [5, 5.41) is 1.50. The van der Waals surface area contributed by atoms with Crippen LogP contribution in [0.3, 0.4) is 0 Å². The summed E-state index contributed by atoms with van der Waals surface area (Å²) in [7, 11) is 0. The number of fused-ring (bicyclic) bond motifs is 1. The predicted octanol–water partition coefficient (Wildman–Crippen LogP) is 6.28. The van der Waals surface area contributed by atoms with Crippen LogP contribution in [0.4, 0.5) is 13.2 Å². The van der Waals surface area contributed by atoms with Crippen LogP contribution in [-0.2, 0) is 6.18 Å². The monoisotopic (exact) mass is 476 g/mol. The van der Waals surface area contributed by atoms with Gasteiger partial charge < -0.3 is 18.6 Å². The second-order valence-corrected chi connectivity index (χ2v) is 7.54. The van der Waals surface area contributed by atoms with E-state index in [4.69, 9.17) is 18.6 Å². The molecule has 0 saturated carbocycles. The number of alkyl halides is 3. The minimum Gasteiger partial charge on any atom is -0.490 e. The molecule has 170 valence electrons. The fourth-order valence-corrected chi connectivity index (χ4v) is 3.57. The molecule has 0 saturated heterocycles. The topological polar surface area (TPSA) is 75.0 Å². The van der Waals surface area contributed by atoms with Crippen LogP contribution >= 0.6 is 11.3 Å². The van der Waals surface area contributed by atoms with E-state index in [1.807, 2.05) is 0 Å². The van der Waals surface area contributed by atoms with E-state index in [0.717, 1.165) is 17.4 Å². The third kappa shape index (κ3) is 4.70. The van der Waals surface area contributed by atoms with Gasteiger partial charge in [0.2, 0.25) is 11.2 Å². The molecule has 6 nitrogen and oxygen atoms in total. The molecule has 33 heavy (non-hydrogen) atoms. The summed E-state index contributed by atoms with van der Waals surface area (Å²) < 4.78 is 62.3. The molecular weight excluding hydrogens is 461 g/mol. The van der Waals surface area contributed by atoms with Crippen LogP contribution in [0.2, 0.25) is 0 Å². The Morgan fingerprint density at radius 1 is 1.06 bits per heavy atom. The van der Waals surface area contributed by atoms with E-state index < -0.39 is 34.7 Å². The molecule has 4 rings (SSSR count). The Kier molecular flexibility index (Phi) is 6.10. The van der Waals surface area contributed by atoms with Gasteiger partial charge in [0.1, 0.15) is 16.2 Å². The molecule has 0 bridgehead atoms.